The lowest BCUT2D eigenvalue weighted by atomic mass is 10.1. The average Bonchev–Trinajstić information content (AvgIpc) is 3.03. The zero-order valence-corrected chi connectivity index (χ0v) is 13.0. The molecule has 0 aliphatic heterocycles. The molecule has 0 fully saturated rings. The molecular weight excluding hydrogens is 298 g/mol. The Hall–Kier alpha value is -2.26. The lowest BCUT2D eigenvalue weighted by Crippen LogP contribution is -1.90. The molecule has 0 N–H and O–H groups in total. The number of halogens is 1. The quantitative estimate of drug-likeness (QED) is 0.679. The Kier molecular flexibility index (Phi) is 4.45. The standard InChI is InChI=1S/C18H16ClNO2/c1-21-16-9-5-14(6-10-16)17-12-20-18(22-17)11-4-13-2-7-15(19)8-3-13/h2-3,5-10,12H,4,11H2,1H3. The van der Waals surface area contributed by atoms with Crippen molar-refractivity contribution in [2.75, 3.05) is 7.11 Å². The van der Waals surface area contributed by atoms with Crippen LogP contribution in [0.2, 0.25) is 5.02 Å². The zero-order valence-electron chi connectivity index (χ0n) is 12.3. The number of methoxy groups -OCH3 is 1. The molecule has 3 nitrogen and oxygen atoms in total. The molecule has 4 heteroatoms. The van der Waals surface area contributed by atoms with Crippen LogP contribution in [-0.4, -0.2) is 12.1 Å². The first kappa shape index (κ1) is 14.7. The molecule has 0 unspecified atom stereocenters. The normalized spacial score (nSPS) is 10.6. The van der Waals surface area contributed by atoms with E-state index in [1.807, 2.05) is 48.5 Å². The van der Waals surface area contributed by atoms with Crippen molar-refractivity contribution in [1.29, 1.82) is 0 Å². The van der Waals surface area contributed by atoms with Gasteiger partial charge in [-0.25, -0.2) is 4.98 Å². The molecule has 0 saturated heterocycles. The van der Waals surface area contributed by atoms with Crippen molar-refractivity contribution in [3.05, 3.63) is 71.2 Å². The van der Waals surface area contributed by atoms with Crippen LogP contribution in [0.25, 0.3) is 11.3 Å². The molecule has 112 valence electrons. The van der Waals surface area contributed by atoms with Gasteiger partial charge >= 0.3 is 0 Å². The minimum Gasteiger partial charge on any atom is -0.497 e. The molecule has 3 rings (SSSR count). The molecule has 0 saturated carbocycles. The van der Waals surface area contributed by atoms with E-state index < -0.39 is 0 Å². The predicted molar refractivity (Wildman–Crippen MR) is 87.4 cm³/mol. The predicted octanol–water partition coefficient (Wildman–Crippen LogP) is 4.79. The summed E-state index contributed by atoms with van der Waals surface area (Å²) in [7, 11) is 1.65. The molecular formula is C18H16ClNO2. The molecule has 0 bridgehead atoms. The first-order chi connectivity index (χ1) is 10.7. The maximum Gasteiger partial charge on any atom is 0.195 e. The smallest absolute Gasteiger partial charge is 0.195 e. The number of aryl methyl sites for hydroxylation is 2. The fourth-order valence-corrected chi connectivity index (χ4v) is 2.34. The molecule has 0 radical (unpaired) electrons. The van der Waals surface area contributed by atoms with Crippen LogP contribution >= 0.6 is 11.6 Å². The molecule has 0 spiro atoms. The molecule has 1 aromatic heterocycles. The van der Waals surface area contributed by atoms with Gasteiger partial charge in [0.15, 0.2) is 11.7 Å². The SMILES string of the molecule is COc1ccc(-c2cnc(CCc3ccc(Cl)cc3)o2)cc1. The molecule has 1 heterocycles. The zero-order chi connectivity index (χ0) is 15.4. The molecule has 22 heavy (non-hydrogen) atoms. The maximum absolute atomic E-state index is 5.88. The van der Waals surface area contributed by atoms with Gasteiger partial charge in [0.25, 0.3) is 0 Å². The van der Waals surface area contributed by atoms with Crippen LogP contribution in [0.4, 0.5) is 0 Å². The molecule has 0 atom stereocenters. The van der Waals surface area contributed by atoms with Crippen LogP contribution in [0.1, 0.15) is 11.5 Å². The van der Waals surface area contributed by atoms with E-state index in [9.17, 15) is 0 Å². The third kappa shape index (κ3) is 3.49. The number of ether oxygens (including phenoxy) is 1. The van der Waals surface area contributed by atoms with Crippen LogP contribution in [0.15, 0.2) is 59.1 Å². The summed E-state index contributed by atoms with van der Waals surface area (Å²) < 4.78 is 11.0. The number of hydrogen-bond acceptors (Lipinski definition) is 3. The number of benzene rings is 2. The van der Waals surface area contributed by atoms with Gasteiger partial charge < -0.3 is 9.15 Å². The third-order valence-corrected chi connectivity index (χ3v) is 3.72. The van der Waals surface area contributed by atoms with Crippen molar-refractivity contribution in [3.8, 4) is 17.1 Å². The van der Waals surface area contributed by atoms with Gasteiger partial charge in [-0.2, -0.15) is 0 Å². The Bertz CT molecular complexity index is 733. The van der Waals surface area contributed by atoms with E-state index in [1.54, 1.807) is 13.3 Å². The minimum atomic E-state index is 0.737. The largest absolute Gasteiger partial charge is 0.497 e. The summed E-state index contributed by atoms with van der Waals surface area (Å²) >= 11 is 5.88. The highest BCUT2D eigenvalue weighted by atomic mass is 35.5. The Morgan fingerprint density at radius 2 is 1.73 bits per heavy atom. The van der Waals surface area contributed by atoms with E-state index in [-0.39, 0.29) is 0 Å². The Labute approximate surface area is 134 Å². The molecule has 0 aliphatic carbocycles. The van der Waals surface area contributed by atoms with Gasteiger partial charge in [0.1, 0.15) is 5.75 Å². The fraction of sp³-hybridized carbons (Fsp3) is 0.167. The maximum atomic E-state index is 5.88. The molecule has 0 aliphatic rings. The first-order valence-corrected chi connectivity index (χ1v) is 7.46. The van der Waals surface area contributed by atoms with Crippen molar-refractivity contribution in [2.45, 2.75) is 12.8 Å². The van der Waals surface area contributed by atoms with Gasteiger partial charge in [0.2, 0.25) is 0 Å². The van der Waals surface area contributed by atoms with Gasteiger partial charge in [0.05, 0.1) is 13.3 Å². The van der Waals surface area contributed by atoms with Crippen molar-refractivity contribution in [1.82, 2.24) is 4.98 Å². The van der Waals surface area contributed by atoms with Crippen LogP contribution in [0.3, 0.4) is 0 Å². The molecule has 0 amide bonds. The van der Waals surface area contributed by atoms with Gasteiger partial charge in [-0.05, 0) is 48.4 Å². The van der Waals surface area contributed by atoms with E-state index in [0.717, 1.165) is 40.8 Å². The van der Waals surface area contributed by atoms with Gasteiger partial charge in [-0.3, -0.25) is 0 Å². The Morgan fingerprint density at radius 1 is 1.00 bits per heavy atom. The van der Waals surface area contributed by atoms with Gasteiger partial charge in [-0.15, -0.1) is 0 Å². The van der Waals surface area contributed by atoms with Crippen molar-refractivity contribution >= 4 is 11.6 Å². The average molecular weight is 314 g/mol. The number of oxazole rings is 1. The van der Waals surface area contributed by atoms with Crippen molar-refractivity contribution in [2.24, 2.45) is 0 Å². The van der Waals surface area contributed by atoms with Crippen molar-refractivity contribution in [3.63, 3.8) is 0 Å². The highest BCUT2D eigenvalue weighted by Gasteiger charge is 2.07. The van der Waals surface area contributed by atoms with E-state index in [0.29, 0.717) is 0 Å². The van der Waals surface area contributed by atoms with Crippen LogP contribution in [-0.2, 0) is 12.8 Å². The molecule has 2 aromatic carbocycles. The van der Waals surface area contributed by atoms with E-state index in [1.165, 1.54) is 5.56 Å². The minimum absolute atomic E-state index is 0.737. The first-order valence-electron chi connectivity index (χ1n) is 7.08. The number of hydrogen-bond donors (Lipinski definition) is 0. The number of rotatable bonds is 5. The second kappa shape index (κ2) is 6.67. The van der Waals surface area contributed by atoms with Crippen LogP contribution in [0, 0.1) is 0 Å². The summed E-state index contributed by atoms with van der Waals surface area (Å²) in [4.78, 5) is 4.34. The monoisotopic (exact) mass is 313 g/mol. The fourth-order valence-electron chi connectivity index (χ4n) is 2.22. The van der Waals surface area contributed by atoms with E-state index >= 15 is 0 Å². The summed E-state index contributed by atoms with van der Waals surface area (Å²) in [5.74, 6) is 2.33. The van der Waals surface area contributed by atoms with Gasteiger partial charge in [-0.1, -0.05) is 23.7 Å². The lowest BCUT2D eigenvalue weighted by molar-refractivity contribution is 0.415. The highest BCUT2D eigenvalue weighted by Crippen LogP contribution is 2.23. The summed E-state index contributed by atoms with van der Waals surface area (Å²) in [6.45, 7) is 0. The Morgan fingerprint density at radius 3 is 2.41 bits per heavy atom. The topological polar surface area (TPSA) is 35.3 Å². The van der Waals surface area contributed by atoms with E-state index in [2.05, 4.69) is 4.98 Å². The third-order valence-electron chi connectivity index (χ3n) is 3.47. The second-order valence-electron chi connectivity index (χ2n) is 4.97. The van der Waals surface area contributed by atoms with E-state index in [4.69, 9.17) is 20.8 Å². The second-order valence-corrected chi connectivity index (χ2v) is 5.41. The summed E-state index contributed by atoms with van der Waals surface area (Å²) in [5.41, 5.74) is 2.21. The summed E-state index contributed by atoms with van der Waals surface area (Å²) in [5, 5.41) is 0.752. The van der Waals surface area contributed by atoms with Crippen LogP contribution < -0.4 is 4.74 Å². The van der Waals surface area contributed by atoms with Crippen molar-refractivity contribution < 1.29 is 9.15 Å². The Balaban J connectivity index is 1.66. The number of nitrogens with zero attached hydrogens (tertiary/aromatic N) is 1. The lowest BCUT2D eigenvalue weighted by Gasteiger charge is -2.01. The van der Waals surface area contributed by atoms with Crippen LogP contribution in [0.5, 0.6) is 5.75 Å². The highest BCUT2D eigenvalue weighted by molar-refractivity contribution is 6.30. The molecule has 3 aromatic rings. The summed E-state index contributed by atoms with van der Waals surface area (Å²) in [6.07, 6.45) is 3.40. The summed E-state index contributed by atoms with van der Waals surface area (Å²) in [6, 6.07) is 15.6. The number of aromatic nitrogens is 1. The van der Waals surface area contributed by atoms with Gasteiger partial charge in [0, 0.05) is 17.0 Å².